The molecule has 0 amide bonds. The summed E-state index contributed by atoms with van der Waals surface area (Å²) < 4.78 is 32.9. The molecule has 1 aliphatic heterocycles. The molecule has 0 aliphatic carbocycles. The first kappa shape index (κ1) is 13.8. The van der Waals surface area contributed by atoms with Crippen LogP contribution in [0.5, 0.6) is 0 Å². The van der Waals surface area contributed by atoms with Crippen LogP contribution in [0.2, 0.25) is 0 Å². The Labute approximate surface area is 120 Å². The quantitative estimate of drug-likeness (QED) is 0.867. The highest BCUT2D eigenvalue weighted by atomic mass is 32.2. The van der Waals surface area contributed by atoms with E-state index in [-0.39, 0.29) is 5.09 Å². The van der Waals surface area contributed by atoms with Crippen molar-refractivity contribution in [2.24, 2.45) is 5.14 Å². The molecule has 3 rings (SSSR count). The summed E-state index contributed by atoms with van der Waals surface area (Å²) in [5, 5.41) is 9.80. The smallest absolute Gasteiger partial charge is 0.271 e. The average Bonchev–Trinajstić information content (AvgIpc) is 2.95. The van der Waals surface area contributed by atoms with E-state index in [9.17, 15) is 8.42 Å². The number of thiophene rings is 1. The largest absolute Gasteiger partial charge is 0.432 e. The van der Waals surface area contributed by atoms with E-state index < -0.39 is 10.0 Å². The van der Waals surface area contributed by atoms with Crippen molar-refractivity contribution in [3.8, 4) is 0 Å². The molecule has 2 aromatic rings. The van der Waals surface area contributed by atoms with E-state index in [1.165, 1.54) is 17.4 Å². The fourth-order valence-corrected chi connectivity index (χ4v) is 3.43. The van der Waals surface area contributed by atoms with Crippen molar-refractivity contribution in [2.75, 3.05) is 38.3 Å². The van der Waals surface area contributed by atoms with Gasteiger partial charge in [-0.15, -0.1) is 0 Å². The van der Waals surface area contributed by atoms with Gasteiger partial charge in [0.05, 0.1) is 24.9 Å². The highest BCUT2D eigenvalue weighted by molar-refractivity contribution is 7.89. The van der Waals surface area contributed by atoms with Crippen LogP contribution >= 0.6 is 11.3 Å². The molecule has 0 radical (unpaired) electrons. The van der Waals surface area contributed by atoms with E-state index in [1.807, 2.05) is 6.07 Å². The van der Waals surface area contributed by atoms with Crippen molar-refractivity contribution in [1.29, 1.82) is 0 Å². The van der Waals surface area contributed by atoms with Gasteiger partial charge in [-0.1, -0.05) is 11.3 Å². The molecule has 20 heavy (non-hydrogen) atoms. The van der Waals surface area contributed by atoms with Crippen molar-refractivity contribution in [1.82, 2.24) is 4.90 Å². The molecular formula is C11H15N3O4S2. The van der Waals surface area contributed by atoms with Gasteiger partial charge in [0.2, 0.25) is 5.09 Å². The molecule has 3 N–H and O–H groups in total. The van der Waals surface area contributed by atoms with Crippen LogP contribution in [0.25, 0.3) is 10.3 Å². The maximum absolute atomic E-state index is 11.2. The van der Waals surface area contributed by atoms with Crippen LogP contribution in [0.4, 0.5) is 5.00 Å². The number of hydrogen-bond donors (Lipinski definition) is 2. The topological polar surface area (TPSA) is 97.8 Å². The number of nitrogens with one attached hydrogen (secondary N) is 1. The normalized spacial score (nSPS) is 17.6. The van der Waals surface area contributed by atoms with Crippen LogP contribution in [-0.2, 0) is 14.8 Å². The van der Waals surface area contributed by atoms with Gasteiger partial charge >= 0.3 is 0 Å². The Morgan fingerprint density at radius 1 is 1.35 bits per heavy atom. The Bertz CT molecular complexity index is 669. The van der Waals surface area contributed by atoms with E-state index in [0.29, 0.717) is 4.90 Å². The lowest BCUT2D eigenvalue weighted by Gasteiger charge is -2.26. The molecule has 1 aliphatic rings. The molecule has 0 spiro atoms. The predicted octanol–water partition coefficient (Wildman–Crippen LogP) is 0.843. The molecule has 1 saturated heterocycles. The predicted molar refractivity (Wildman–Crippen MR) is 76.3 cm³/mol. The SMILES string of the molecule is NS(=O)(=O)c1cc2cc(NCN3CCOCC3)sc2o1. The fourth-order valence-electron chi connectivity index (χ4n) is 1.99. The van der Waals surface area contributed by atoms with Crippen molar-refractivity contribution in [2.45, 2.75) is 5.09 Å². The summed E-state index contributed by atoms with van der Waals surface area (Å²) in [6, 6.07) is 3.31. The van der Waals surface area contributed by atoms with Crippen LogP contribution in [0, 0.1) is 0 Å². The third-order valence-electron chi connectivity index (χ3n) is 3.05. The summed E-state index contributed by atoms with van der Waals surface area (Å²) in [6.07, 6.45) is 0. The monoisotopic (exact) mass is 317 g/mol. The number of anilines is 1. The number of morpholine rings is 1. The van der Waals surface area contributed by atoms with Gasteiger partial charge in [0.25, 0.3) is 10.0 Å². The Balaban J connectivity index is 1.69. The number of primary sulfonamides is 1. The molecule has 0 atom stereocenters. The first-order valence-corrected chi connectivity index (χ1v) is 8.49. The van der Waals surface area contributed by atoms with Crippen molar-refractivity contribution >= 4 is 36.6 Å². The minimum Gasteiger partial charge on any atom is -0.432 e. The summed E-state index contributed by atoms with van der Waals surface area (Å²) in [5.41, 5.74) is 0. The molecule has 0 bridgehead atoms. The summed E-state index contributed by atoms with van der Waals surface area (Å²) in [5.74, 6) is 0. The summed E-state index contributed by atoms with van der Waals surface area (Å²) >= 11 is 1.37. The van der Waals surface area contributed by atoms with Crippen LogP contribution in [0.15, 0.2) is 21.6 Å². The third-order valence-corrected chi connectivity index (χ3v) is 4.80. The number of hydrogen-bond acceptors (Lipinski definition) is 7. The number of nitrogens with two attached hydrogens (primary N) is 1. The Hall–Kier alpha value is -1.13. The minimum absolute atomic E-state index is 0.196. The van der Waals surface area contributed by atoms with Crippen LogP contribution < -0.4 is 10.5 Å². The maximum atomic E-state index is 11.2. The van der Waals surface area contributed by atoms with Crippen molar-refractivity contribution < 1.29 is 17.6 Å². The van der Waals surface area contributed by atoms with Crippen LogP contribution in [-0.4, -0.2) is 46.3 Å². The van der Waals surface area contributed by atoms with Gasteiger partial charge in [0, 0.05) is 24.5 Å². The van der Waals surface area contributed by atoms with Gasteiger partial charge in [-0.2, -0.15) is 0 Å². The molecule has 7 nitrogen and oxygen atoms in total. The lowest BCUT2D eigenvalue weighted by atomic mass is 10.4. The first-order valence-electron chi connectivity index (χ1n) is 6.12. The van der Waals surface area contributed by atoms with Gasteiger partial charge in [-0.05, 0) is 6.07 Å². The zero-order valence-electron chi connectivity index (χ0n) is 10.7. The Morgan fingerprint density at radius 2 is 2.10 bits per heavy atom. The van der Waals surface area contributed by atoms with E-state index in [1.54, 1.807) is 0 Å². The van der Waals surface area contributed by atoms with Gasteiger partial charge in [0.1, 0.15) is 0 Å². The zero-order chi connectivity index (χ0) is 14.2. The van der Waals surface area contributed by atoms with Crippen LogP contribution in [0.3, 0.4) is 0 Å². The maximum Gasteiger partial charge on any atom is 0.271 e. The lowest BCUT2D eigenvalue weighted by molar-refractivity contribution is 0.0415. The number of ether oxygens (including phenoxy) is 1. The molecule has 110 valence electrons. The number of fused-ring (bicyclic) bond motifs is 1. The molecule has 0 unspecified atom stereocenters. The highest BCUT2D eigenvalue weighted by Crippen LogP contribution is 2.33. The molecule has 0 saturated carbocycles. The van der Waals surface area contributed by atoms with Gasteiger partial charge < -0.3 is 14.5 Å². The molecule has 1 fully saturated rings. The second-order valence-electron chi connectivity index (χ2n) is 4.53. The molecule has 9 heteroatoms. The second kappa shape index (κ2) is 5.34. The number of rotatable bonds is 4. The third kappa shape index (κ3) is 2.96. The summed E-state index contributed by atoms with van der Waals surface area (Å²) in [7, 11) is -3.78. The Morgan fingerprint density at radius 3 is 2.75 bits per heavy atom. The average molecular weight is 317 g/mol. The highest BCUT2D eigenvalue weighted by Gasteiger charge is 2.17. The second-order valence-corrected chi connectivity index (χ2v) is 7.04. The van der Waals surface area contributed by atoms with Gasteiger partial charge in [0.15, 0.2) is 4.90 Å². The molecular weight excluding hydrogens is 302 g/mol. The van der Waals surface area contributed by atoms with E-state index in [4.69, 9.17) is 14.3 Å². The number of sulfonamides is 1. The van der Waals surface area contributed by atoms with E-state index in [0.717, 1.165) is 43.4 Å². The summed E-state index contributed by atoms with van der Waals surface area (Å²) in [4.78, 5) is 2.80. The number of furan rings is 1. The Kier molecular flexibility index (Phi) is 3.69. The summed E-state index contributed by atoms with van der Waals surface area (Å²) in [6.45, 7) is 4.06. The number of nitrogens with zero attached hydrogens (tertiary/aromatic N) is 1. The molecule has 3 heterocycles. The van der Waals surface area contributed by atoms with Crippen LogP contribution in [0.1, 0.15) is 0 Å². The lowest BCUT2D eigenvalue weighted by Crippen LogP contribution is -2.39. The van der Waals surface area contributed by atoms with E-state index in [2.05, 4.69) is 10.2 Å². The van der Waals surface area contributed by atoms with E-state index >= 15 is 0 Å². The van der Waals surface area contributed by atoms with Gasteiger partial charge in [-0.3, -0.25) is 4.90 Å². The molecule has 0 aromatic carbocycles. The van der Waals surface area contributed by atoms with Crippen molar-refractivity contribution in [3.63, 3.8) is 0 Å². The van der Waals surface area contributed by atoms with Crippen molar-refractivity contribution in [3.05, 3.63) is 12.1 Å². The fraction of sp³-hybridized carbons (Fsp3) is 0.455. The standard InChI is InChI=1S/C11H15N3O4S2/c12-20(15,16)10-6-8-5-9(19-11(8)18-10)13-7-14-1-3-17-4-2-14/h5-6,13H,1-4,7H2,(H2,12,15,16). The first-order chi connectivity index (χ1) is 9.52. The zero-order valence-corrected chi connectivity index (χ0v) is 12.3. The van der Waals surface area contributed by atoms with Gasteiger partial charge in [-0.25, -0.2) is 13.6 Å². The molecule has 2 aromatic heterocycles. The minimum atomic E-state index is -3.78.